The number of benzene rings is 2. The maximum Gasteiger partial charge on any atom is 0.0992 e. The molecule has 18 heavy (non-hydrogen) atoms. The Morgan fingerprint density at radius 3 is 2.56 bits per heavy atom. The molecular formula is C15H15N3. The lowest BCUT2D eigenvalue weighted by Gasteiger charge is -2.11. The molecule has 3 heteroatoms. The van der Waals surface area contributed by atoms with E-state index in [9.17, 15) is 0 Å². The highest BCUT2D eigenvalue weighted by Gasteiger charge is 2.02. The zero-order chi connectivity index (χ0) is 13.1. The molecule has 0 saturated heterocycles. The lowest BCUT2D eigenvalue weighted by atomic mass is 10.1. The van der Waals surface area contributed by atoms with Crippen LogP contribution in [0.4, 0.5) is 17.1 Å². The van der Waals surface area contributed by atoms with E-state index in [1.807, 2.05) is 50.2 Å². The fraction of sp³-hybridized carbons (Fsp3) is 0.133. The van der Waals surface area contributed by atoms with Gasteiger partial charge in [-0.25, -0.2) is 0 Å². The minimum Gasteiger partial charge on any atom is -0.399 e. The van der Waals surface area contributed by atoms with E-state index in [1.165, 1.54) is 0 Å². The number of hydrogen-bond acceptors (Lipinski definition) is 3. The van der Waals surface area contributed by atoms with Crippen molar-refractivity contribution < 1.29 is 0 Å². The molecule has 0 saturated carbocycles. The van der Waals surface area contributed by atoms with E-state index in [2.05, 4.69) is 11.4 Å². The predicted molar refractivity (Wildman–Crippen MR) is 74.8 cm³/mol. The summed E-state index contributed by atoms with van der Waals surface area (Å²) in [5.74, 6) is 0. The summed E-state index contributed by atoms with van der Waals surface area (Å²) in [5.41, 5.74) is 11.2. The van der Waals surface area contributed by atoms with Gasteiger partial charge in [0.1, 0.15) is 0 Å². The topological polar surface area (TPSA) is 61.8 Å². The summed E-state index contributed by atoms with van der Waals surface area (Å²) in [7, 11) is 0. The fourth-order valence-corrected chi connectivity index (χ4v) is 1.87. The first-order valence-electron chi connectivity index (χ1n) is 5.73. The Hall–Kier alpha value is -2.47. The van der Waals surface area contributed by atoms with Crippen molar-refractivity contribution in [3.8, 4) is 6.07 Å². The molecule has 2 aromatic carbocycles. The smallest absolute Gasteiger partial charge is 0.0992 e. The van der Waals surface area contributed by atoms with Crippen LogP contribution in [-0.2, 0) is 0 Å². The monoisotopic (exact) mass is 237 g/mol. The zero-order valence-corrected chi connectivity index (χ0v) is 10.5. The van der Waals surface area contributed by atoms with E-state index in [-0.39, 0.29) is 0 Å². The van der Waals surface area contributed by atoms with E-state index in [0.717, 1.165) is 28.2 Å². The Bertz CT molecular complexity index is 604. The summed E-state index contributed by atoms with van der Waals surface area (Å²) < 4.78 is 0. The molecule has 90 valence electrons. The van der Waals surface area contributed by atoms with Gasteiger partial charge >= 0.3 is 0 Å². The van der Waals surface area contributed by atoms with E-state index in [1.54, 1.807) is 0 Å². The number of nitrogens with two attached hydrogens (primary N) is 1. The SMILES string of the molecule is Cc1cc(N)cc(Nc2cc(C#N)ccc2C)c1. The Kier molecular flexibility index (Phi) is 3.20. The predicted octanol–water partition coefficient (Wildman–Crippen LogP) is 3.50. The lowest BCUT2D eigenvalue weighted by Crippen LogP contribution is -1.96. The number of nitriles is 1. The summed E-state index contributed by atoms with van der Waals surface area (Å²) in [6, 6.07) is 13.5. The van der Waals surface area contributed by atoms with Crippen molar-refractivity contribution >= 4 is 17.1 Å². The van der Waals surface area contributed by atoms with Crippen LogP contribution < -0.4 is 11.1 Å². The van der Waals surface area contributed by atoms with Crippen molar-refractivity contribution in [1.29, 1.82) is 5.26 Å². The molecule has 2 rings (SSSR count). The van der Waals surface area contributed by atoms with Crippen LogP contribution in [0, 0.1) is 25.2 Å². The van der Waals surface area contributed by atoms with Gasteiger partial charge in [-0.15, -0.1) is 0 Å². The molecule has 0 aliphatic rings. The number of hydrogen-bond donors (Lipinski definition) is 2. The van der Waals surface area contributed by atoms with Crippen molar-refractivity contribution in [2.75, 3.05) is 11.1 Å². The van der Waals surface area contributed by atoms with E-state index in [0.29, 0.717) is 5.56 Å². The minimum absolute atomic E-state index is 0.642. The molecule has 0 fully saturated rings. The van der Waals surface area contributed by atoms with Crippen LogP contribution in [0.5, 0.6) is 0 Å². The van der Waals surface area contributed by atoms with Crippen LogP contribution in [0.1, 0.15) is 16.7 Å². The number of rotatable bonds is 2. The van der Waals surface area contributed by atoms with Gasteiger partial charge in [0, 0.05) is 17.1 Å². The number of nitrogens with zero attached hydrogens (tertiary/aromatic N) is 1. The molecule has 0 atom stereocenters. The van der Waals surface area contributed by atoms with Gasteiger partial charge in [0.05, 0.1) is 11.6 Å². The molecule has 0 bridgehead atoms. The summed E-state index contributed by atoms with van der Waals surface area (Å²) in [6.07, 6.45) is 0. The average molecular weight is 237 g/mol. The van der Waals surface area contributed by atoms with E-state index in [4.69, 9.17) is 11.0 Å². The van der Waals surface area contributed by atoms with Gasteiger partial charge in [-0.05, 0) is 55.3 Å². The molecule has 0 spiro atoms. The maximum absolute atomic E-state index is 8.91. The fourth-order valence-electron chi connectivity index (χ4n) is 1.87. The quantitative estimate of drug-likeness (QED) is 0.786. The molecule has 3 nitrogen and oxygen atoms in total. The minimum atomic E-state index is 0.642. The summed E-state index contributed by atoms with van der Waals surface area (Å²) in [6.45, 7) is 4.00. The van der Waals surface area contributed by atoms with Crippen LogP contribution in [0.2, 0.25) is 0 Å². The number of nitrogens with one attached hydrogen (secondary N) is 1. The highest BCUT2D eigenvalue weighted by Crippen LogP contribution is 2.24. The lowest BCUT2D eigenvalue weighted by molar-refractivity contribution is 1.39. The molecule has 0 aliphatic heterocycles. The second-order valence-electron chi connectivity index (χ2n) is 4.40. The van der Waals surface area contributed by atoms with Crippen LogP contribution >= 0.6 is 0 Å². The van der Waals surface area contributed by atoms with Crippen molar-refractivity contribution in [3.05, 3.63) is 53.1 Å². The molecule has 3 N–H and O–H groups in total. The van der Waals surface area contributed by atoms with Crippen molar-refractivity contribution in [3.63, 3.8) is 0 Å². The molecule has 0 aromatic heterocycles. The molecule has 2 aromatic rings. The molecule has 0 amide bonds. The third kappa shape index (κ3) is 2.61. The van der Waals surface area contributed by atoms with Gasteiger partial charge in [-0.2, -0.15) is 5.26 Å². The molecule has 0 heterocycles. The van der Waals surface area contributed by atoms with Gasteiger partial charge < -0.3 is 11.1 Å². The Morgan fingerprint density at radius 2 is 1.89 bits per heavy atom. The number of aryl methyl sites for hydroxylation is 2. The summed E-state index contributed by atoms with van der Waals surface area (Å²) >= 11 is 0. The average Bonchev–Trinajstić information content (AvgIpc) is 2.30. The largest absolute Gasteiger partial charge is 0.399 e. The van der Waals surface area contributed by atoms with Crippen LogP contribution in [-0.4, -0.2) is 0 Å². The third-order valence-electron chi connectivity index (χ3n) is 2.75. The third-order valence-corrected chi connectivity index (χ3v) is 2.75. The highest BCUT2D eigenvalue weighted by molar-refractivity contribution is 5.68. The van der Waals surface area contributed by atoms with Crippen molar-refractivity contribution in [2.45, 2.75) is 13.8 Å². The van der Waals surface area contributed by atoms with Gasteiger partial charge in [-0.3, -0.25) is 0 Å². The van der Waals surface area contributed by atoms with E-state index >= 15 is 0 Å². The van der Waals surface area contributed by atoms with Crippen LogP contribution in [0.25, 0.3) is 0 Å². The Balaban J connectivity index is 2.36. The van der Waals surface area contributed by atoms with Gasteiger partial charge in [-0.1, -0.05) is 6.07 Å². The number of nitrogen functional groups attached to an aromatic ring is 1. The molecule has 0 radical (unpaired) electrons. The van der Waals surface area contributed by atoms with Gasteiger partial charge in [0.15, 0.2) is 0 Å². The second kappa shape index (κ2) is 4.80. The Morgan fingerprint density at radius 1 is 1.11 bits per heavy atom. The Labute approximate surface area is 107 Å². The molecular weight excluding hydrogens is 222 g/mol. The van der Waals surface area contributed by atoms with Crippen LogP contribution in [0.15, 0.2) is 36.4 Å². The summed E-state index contributed by atoms with van der Waals surface area (Å²) in [5, 5.41) is 12.2. The standard InChI is InChI=1S/C15H15N3/c1-10-5-13(17)8-14(6-10)18-15-7-12(9-16)4-3-11(15)2/h3-8,18H,17H2,1-2H3. The first kappa shape index (κ1) is 12.0. The molecule has 0 unspecified atom stereocenters. The zero-order valence-electron chi connectivity index (χ0n) is 10.5. The van der Waals surface area contributed by atoms with Crippen molar-refractivity contribution in [2.24, 2.45) is 0 Å². The summed E-state index contributed by atoms with van der Waals surface area (Å²) in [4.78, 5) is 0. The van der Waals surface area contributed by atoms with Gasteiger partial charge in [0.25, 0.3) is 0 Å². The maximum atomic E-state index is 8.91. The number of anilines is 3. The van der Waals surface area contributed by atoms with Crippen LogP contribution in [0.3, 0.4) is 0 Å². The second-order valence-corrected chi connectivity index (χ2v) is 4.40. The van der Waals surface area contributed by atoms with E-state index < -0.39 is 0 Å². The normalized spacial score (nSPS) is 9.83. The first-order chi connectivity index (χ1) is 8.58. The van der Waals surface area contributed by atoms with Gasteiger partial charge in [0.2, 0.25) is 0 Å². The highest BCUT2D eigenvalue weighted by atomic mass is 14.9. The first-order valence-corrected chi connectivity index (χ1v) is 5.73. The molecule has 0 aliphatic carbocycles. The van der Waals surface area contributed by atoms with Crippen molar-refractivity contribution in [1.82, 2.24) is 0 Å².